The molecule has 7 heteroatoms. The third kappa shape index (κ3) is 4.63. The number of aryl methyl sites for hydroxylation is 2. The van der Waals surface area contributed by atoms with E-state index in [9.17, 15) is 13.2 Å². The van der Waals surface area contributed by atoms with Crippen molar-refractivity contribution in [2.24, 2.45) is 0 Å². The van der Waals surface area contributed by atoms with Gasteiger partial charge in [0.25, 0.3) is 0 Å². The van der Waals surface area contributed by atoms with Crippen LogP contribution in [0.3, 0.4) is 0 Å². The number of benzene rings is 2. The number of carbonyl (C=O) groups is 1. The number of amides is 1. The molecule has 3 rings (SSSR count). The number of carbonyl (C=O) groups excluding carboxylic acids is 1. The molecule has 0 atom stereocenters. The minimum atomic E-state index is -3.55. The molecule has 1 aliphatic heterocycles. The topological polar surface area (TPSA) is 57.7 Å². The minimum absolute atomic E-state index is 0.126. The number of rotatable bonds is 4. The summed E-state index contributed by atoms with van der Waals surface area (Å²) in [5, 5.41) is 0.643. The maximum Gasteiger partial charge on any atom is 0.246 e. The highest BCUT2D eigenvalue weighted by Crippen LogP contribution is 2.22. The van der Waals surface area contributed by atoms with Crippen LogP contribution in [0.4, 0.5) is 0 Å². The van der Waals surface area contributed by atoms with Gasteiger partial charge in [0, 0.05) is 37.3 Å². The highest BCUT2D eigenvalue weighted by molar-refractivity contribution is 7.89. The zero-order valence-corrected chi connectivity index (χ0v) is 17.5. The smallest absolute Gasteiger partial charge is 0.246 e. The van der Waals surface area contributed by atoms with Crippen molar-refractivity contribution in [3.63, 3.8) is 0 Å². The first kappa shape index (κ1) is 20.6. The molecule has 1 fully saturated rings. The Labute approximate surface area is 171 Å². The normalized spacial score (nSPS) is 15.9. The van der Waals surface area contributed by atoms with Crippen LogP contribution >= 0.6 is 11.6 Å². The van der Waals surface area contributed by atoms with E-state index in [-0.39, 0.29) is 19.0 Å². The van der Waals surface area contributed by atoms with E-state index in [0.717, 1.165) is 16.7 Å². The molecule has 5 nitrogen and oxygen atoms in total. The second-order valence-electron chi connectivity index (χ2n) is 6.88. The Morgan fingerprint density at radius 2 is 1.64 bits per heavy atom. The van der Waals surface area contributed by atoms with Gasteiger partial charge in [0.15, 0.2) is 0 Å². The predicted molar refractivity (Wildman–Crippen MR) is 112 cm³/mol. The first-order valence-corrected chi connectivity index (χ1v) is 10.9. The fourth-order valence-corrected chi connectivity index (χ4v) is 4.98. The van der Waals surface area contributed by atoms with Crippen molar-refractivity contribution in [1.29, 1.82) is 0 Å². The lowest BCUT2D eigenvalue weighted by Crippen LogP contribution is -2.50. The van der Waals surface area contributed by atoms with Crippen LogP contribution in [0.1, 0.15) is 16.7 Å². The fourth-order valence-electron chi connectivity index (χ4n) is 3.22. The van der Waals surface area contributed by atoms with E-state index in [1.54, 1.807) is 42.2 Å². The van der Waals surface area contributed by atoms with Gasteiger partial charge in [-0.3, -0.25) is 4.79 Å². The van der Waals surface area contributed by atoms with Crippen LogP contribution in [0.2, 0.25) is 5.02 Å². The first-order chi connectivity index (χ1) is 13.3. The third-order valence-corrected chi connectivity index (χ3v) is 7.10. The van der Waals surface area contributed by atoms with E-state index in [1.807, 2.05) is 25.1 Å². The van der Waals surface area contributed by atoms with Gasteiger partial charge in [0.2, 0.25) is 15.9 Å². The Balaban J connectivity index is 1.63. The molecule has 2 aromatic rings. The molecular weight excluding hydrogens is 396 g/mol. The van der Waals surface area contributed by atoms with Crippen molar-refractivity contribution >= 4 is 33.6 Å². The molecule has 28 heavy (non-hydrogen) atoms. The Hall–Kier alpha value is -2.15. The van der Waals surface area contributed by atoms with Gasteiger partial charge < -0.3 is 4.90 Å². The molecule has 2 aromatic carbocycles. The van der Waals surface area contributed by atoms with Crippen molar-refractivity contribution in [3.05, 3.63) is 70.3 Å². The number of sulfonamides is 1. The quantitative estimate of drug-likeness (QED) is 0.714. The highest BCUT2D eigenvalue weighted by atomic mass is 35.5. The summed E-state index contributed by atoms with van der Waals surface area (Å²) in [6.07, 6.45) is 3.25. The summed E-state index contributed by atoms with van der Waals surface area (Å²) in [7, 11) is -3.55. The summed E-state index contributed by atoms with van der Waals surface area (Å²) in [4.78, 5) is 14.4. The van der Waals surface area contributed by atoms with Crippen molar-refractivity contribution < 1.29 is 13.2 Å². The number of hydrogen-bond acceptors (Lipinski definition) is 3. The summed E-state index contributed by atoms with van der Waals surface area (Å²) in [5.74, 6) is -0.126. The lowest BCUT2D eigenvalue weighted by molar-refractivity contribution is -0.127. The van der Waals surface area contributed by atoms with Crippen molar-refractivity contribution in [2.45, 2.75) is 18.7 Å². The van der Waals surface area contributed by atoms with Gasteiger partial charge in [-0.2, -0.15) is 4.31 Å². The molecule has 1 aliphatic rings. The highest BCUT2D eigenvalue weighted by Gasteiger charge is 2.30. The monoisotopic (exact) mass is 418 g/mol. The van der Waals surface area contributed by atoms with Gasteiger partial charge in [0.05, 0.1) is 4.90 Å². The lowest BCUT2D eigenvalue weighted by atomic mass is 10.2. The molecule has 148 valence electrons. The summed E-state index contributed by atoms with van der Waals surface area (Å²) < 4.78 is 27.3. The van der Waals surface area contributed by atoms with Crippen LogP contribution < -0.4 is 0 Å². The molecule has 0 N–H and O–H groups in total. The third-order valence-electron chi connectivity index (χ3n) is 4.79. The van der Waals surface area contributed by atoms with E-state index in [0.29, 0.717) is 23.0 Å². The largest absolute Gasteiger partial charge is 0.337 e. The molecule has 0 spiro atoms. The van der Waals surface area contributed by atoms with Crippen LogP contribution in [0.5, 0.6) is 0 Å². The summed E-state index contributed by atoms with van der Waals surface area (Å²) in [5.41, 5.74) is 2.65. The molecule has 0 radical (unpaired) electrons. The minimum Gasteiger partial charge on any atom is -0.337 e. The fraction of sp³-hybridized carbons (Fsp3) is 0.286. The molecule has 0 unspecified atom stereocenters. The zero-order chi connectivity index (χ0) is 20.3. The zero-order valence-electron chi connectivity index (χ0n) is 15.9. The number of halogens is 1. The van der Waals surface area contributed by atoms with E-state index < -0.39 is 10.0 Å². The average Bonchev–Trinajstić information content (AvgIpc) is 2.67. The Kier molecular flexibility index (Phi) is 6.23. The van der Waals surface area contributed by atoms with Crippen LogP contribution in [-0.2, 0) is 14.8 Å². The molecule has 1 saturated heterocycles. The Morgan fingerprint density at radius 3 is 2.25 bits per heavy atom. The lowest BCUT2D eigenvalue weighted by Gasteiger charge is -2.33. The van der Waals surface area contributed by atoms with Gasteiger partial charge in [-0.05, 0) is 49.2 Å². The Bertz CT molecular complexity index is 993. The SMILES string of the molecule is Cc1ccc(S(=O)(=O)N2CCN(C(=O)/C=C/c3ccc(Cl)cc3)CC2)c(C)c1. The van der Waals surface area contributed by atoms with Gasteiger partial charge in [-0.1, -0.05) is 41.4 Å². The van der Waals surface area contributed by atoms with Crippen LogP contribution in [0.25, 0.3) is 6.08 Å². The van der Waals surface area contributed by atoms with Crippen LogP contribution in [-0.4, -0.2) is 49.7 Å². The summed E-state index contributed by atoms with van der Waals surface area (Å²) in [6, 6.07) is 12.5. The maximum absolute atomic E-state index is 12.9. The Morgan fingerprint density at radius 1 is 1.00 bits per heavy atom. The van der Waals surface area contributed by atoms with E-state index >= 15 is 0 Å². The first-order valence-electron chi connectivity index (χ1n) is 9.07. The molecule has 0 aliphatic carbocycles. The maximum atomic E-state index is 12.9. The van der Waals surface area contributed by atoms with Gasteiger partial charge in [-0.25, -0.2) is 8.42 Å². The van der Waals surface area contributed by atoms with E-state index in [2.05, 4.69) is 0 Å². The second-order valence-corrected chi connectivity index (χ2v) is 9.23. The number of piperazine rings is 1. The molecule has 1 heterocycles. The average molecular weight is 419 g/mol. The number of nitrogens with zero attached hydrogens (tertiary/aromatic N) is 2. The predicted octanol–water partition coefficient (Wildman–Crippen LogP) is 3.50. The van der Waals surface area contributed by atoms with E-state index in [4.69, 9.17) is 11.6 Å². The van der Waals surface area contributed by atoms with Crippen LogP contribution in [0, 0.1) is 13.8 Å². The molecule has 0 aromatic heterocycles. The van der Waals surface area contributed by atoms with Gasteiger partial charge in [-0.15, -0.1) is 0 Å². The summed E-state index contributed by atoms with van der Waals surface area (Å²) >= 11 is 5.86. The summed E-state index contributed by atoms with van der Waals surface area (Å²) in [6.45, 7) is 5.06. The van der Waals surface area contributed by atoms with Gasteiger partial charge in [0.1, 0.15) is 0 Å². The van der Waals surface area contributed by atoms with Crippen molar-refractivity contribution in [1.82, 2.24) is 9.21 Å². The van der Waals surface area contributed by atoms with Gasteiger partial charge >= 0.3 is 0 Å². The molecule has 0 bridgehead atoms. The molecule has 1 amide bonds. The van der Waals surface area contributed by atoms with Crippen molar-refractivity contribution in [2.75, 3.05) is 26.2 Å². The second kappa shape index (κ2) is 8.47. The van der Waals surface area contributed by atoms with Crippen LogP contribution in [0.15, 0.2) is 53.4 Å². The number of hydrogen-bond donors (Lipinski definition) is 0. The molecular formula is C21H23ClN2O3S. The standard InChI is InChI=1S/C21H23ClN2O3S/c1-16-3-9-20(17(2)15-16)28(26,27)24-13-11-23(12-14-24)21(25)10-6-18-4-7-19(22)8-5-18/h3-10,15H,11-14H2,1-2H3/b10-6+. The van der Waals surface area contributed by atoms with Crippen molar-refractivity contribution in [3.8, 4) is 0 Å². The molecule has 0 saturated carbocycles. The van der Waals surface area contributed by atoms with E-state index in [1.165, 1.54) is 10.4 Å².